The number of nitrogens with one attached hydrogen (secondary N) is 1. The van der Waals surface area contributed by atoms with Crippen molar-refractivity contribution in [2.24, 2.45) is 0 Å². The third-order valence-electron chi connectivity index (χ3n) is 4.23. The van der Waals surface area contributed by atoms with Crippen LogP contribution in [0.3, 0.4) is 0 Å². The van der Waals surface area contributed by atoms with Crippen molar-refractivity contribution in [1.82, 2.24) is 15.1 Å². The van der Waals surface area contributed by atoms with Gasteiger partial charge in [0.15, 0.2) is 0 Å². The molecule has 0 bridgehead atoms. The zero-order valence-electron chi connectivity index (χ0n) is 12.1. The zero-order chi connectivity index (χ0) is 13.0. The van der Waals surface area contributed by atoms with Crippen LogP contribution in [0.2, 0.25) is 0 Å². The van der Waals surface area contributed by atoms with Gasteiger partial charge in [0.25, 0.3) is 0 Å². The van der Waals surface area contributed by atoms with Crippen molar-refractivity contribution in [2.75, 3.05) is 6.54 Å². The molecule has 0 amide bonds. The molecule has 3 heteroatoms. The Hall–Kier alpha value is -0.830. The Labute approximate surface area is 111 Å². The smallest absolute Gasteiger partial charge is 0.0540 e. The van der Waals surface area contributed by atoms with Gasteiger partial charge < -0.3 is 5.32 Å². The van der Waals surface area contributed by atoms with Crippen LogP contribution in [0.15, 0.2) is 6.20 Å². The van der Waals surface area contributed by atoms with Crippen LogP contribution in [-0.4, -0.2) is 16.3 Å². The molecule has 1 saturated carbocycles. The quantitative estimate of drug-likeness (QED) is 0.823. The van der Waals surface area contributed by atoms with Gasteiger partial charge in [0.1, 0.15) is 0 Å². The maximum absolute atomic E-state index is 4.66. The van der Waals surface area contributed by atoms with Crippen LogP contribution in [0.4, 0.5) is 0 Å². The van der Waals surface area contributed by atoms with Crippen LogP contribution in [0, 0.1) is 6.92 Å². The summed E-state index contributed by atoms with van der Waals surface area (Å²) in [7, 11) is 0. The summed E-state index contributed by atoms with van der Waals surface area (Å²) in [5, 5.41) is 8.14. The van der Waals surface area contributed by atoms with E-state index in [4.69, 9.17) is 0 Å². The molecule has 0 saturated heterocycles. The molecule has 1 aliphatic carbocycles. The van der Waals surface area contributed by atoms with E-state index in [9.17, 15) is 0 Å². The van der Waals surface area contributed by atoms with Crippen molar-refractivity contribution in [1.29, 1.82) is 0 Å². The van der Waals surface area contributed by atoms with E-state index in [-0.39, 0.29) is 0 Å². The molecule has 1 atom stereocenters. The molecule has 0 aromatic carbocycles. The Balaban J connectivity index is 2.13. The van der Waals surface area contributed by atoms with Gasteiger partial charge >= 0.3 is 0 Å². The summed E-state index contributed by atoms with van der Waals surface area (Å²) >= 11 is 0. The van der Waals surface area contributed by atoms with Crippen LogP contribution in [0.5, 0.6) is 0 Å². The third kappa shape index (κ3) is 2.94. The highest BCUT2D eigenvalue weighted by molar-refractivity contribution is 5.20. The van der Waals surface area contributed by atoms with Gasteiger partial charge in [-0.25, -0.2) is 0 Å². The van der Waals surface area contributed by atoms with E-state index in [0.29, 0.717) is 12.1 Å². The Bertz CT molecular complexity index is 362. The lowest BCUT2D eigenvalue weighted by molar-refractivity contribution is 0.397. The second-order valence-electron chi connectivity index (χ2n) is 5.55. The molecule has 18 heavy (non-hydrogen) atoms. The van der Waals surface area contributed by atoms with Crippen molar-refractivity contribution < 1.29 is 0 Å². The first-order valence-electron chi connectivity index (χ1n) is 7.51. The second-order valence-corrected chi connectivity index (χ2v) is 5.55. The van der Waals surface area contributed by atoms with Crippen LogP contribution < -0.4 is 5.32 Å². The van der Waals surface area contributed by atoms with E-state index < -0.39 is 0 Å². The second kappa shape index (κ2) is 6.37. The molecule has 1 fully saturated rings. The molecule has 0 aliphatic heterocycles. The Kier molecular flexibility index (Phi) is 4.81. The molecule has 0 spiro atoms. The van der Waals surface area contributed by atoms with Crippen molar-refractivity contribution in [3.8, 4) is 0 Å². The SMILES string of the molecule is CCNC(C)c1cnn(C2CCCCCC2)c1C. The van der Waals surface area contributed by atoms with E-state index in [2.05, 4.69) is 42.1 Å². The van der Waals surface area contributed by atoms with Gasteiger partial charge in [0, 0.05) is 17.3 Å². The maximum Gasteiger partial charge on any atom is 0.0540 e. The number of hydrogen-bond acceptors (Lipinski definition) is 2. The van der Waals surface area contributed by atoms with Crippen LogP contribution in [0.1, 0.15) is 75.7 Å². The van der Waals surface area contributed by atoms with Crippen LogP contribution in [0.25, 0.3) is 0 Å². The fourth-order valence-electron chi connectivity index (χ4n) is 3.15. The van der Waals surface area contributed by atoms with E-state index in [1.165, 1.54) is 49.8 Å². The van der Waals surface area contributed by atoms with Crippen molar-refractivity contribution >= 4 is 0 Å². The molecular formula is C15H27N3. The summed E-state index contributed by atoms with van der Waals surface area (Å²) in [6.07, 6.45) is 10.2. The predicted molar refractivity (Wildman–Crippen MR) is 75.8 cm³/mol. The van der Waals surface area contributed by atoms with Gasteiger partial charge in [-0.15, -0.1) is 0 Å². The summed E-state index contributed by atoms with van der Waals surface area (Å²) in [6.45, 7) is 7.61. The minimum Gasteiger partial charge on any atom is -0.310 e. The minimum atomic E-state index is 0.412. The molecule has 1 aromatic rings. The summed E-state index contributed by atoms with van der Waals surface area (Å²) in [4.78, 5) is 0. The molecule has 1 aliphatic rings. The number of hydrogen-bond donors (Lipinski definition) is 1. The molecular weight excluding hydrogens is 222 g/mol. The van der Waals surface area contributed by atoms with Gasteiger partial charge in [-0.2, -0.15) is 5.10 Å². The first kappa shape index (κ1) is 13.6. The van der Waals surface area contributed by atoms with E-state index in [1.807, 2.05) is 0 Å². The monoisotopic (exact) mass is 249 g/mol. The average molecular weight is 249 g/mol. The minimum absolute atomic E-state index is 0.412. The number of aromatic nitrogens is 2. The van der Waals surface area contributed by atoms with Crippen molar-refractivity contribution in [3.63, 3.8) is 0 Å². The van der Waals surface area contributed by atoms with E-state index in [1.54, 1.807) is 0 Å². The standard InChI is InChI=1S/C15H27N3/c1-4-16-12(2)15-11-17-18(13(15)3)14-9-7-5-6-8-10-14/h11-12,14,16H,4-10H2,1-3H3. The largest absolute Gasteiger partial charge is 0.310 e. The lowest BCUT2D eigenvalue weighted by Gasteiger charge is -2.18. The van der Waals surface area contributed by atoms with Crippen molar-refractivity contribution in [2.45, 2.75) is 71.4 Å². The molecule has 1 heterocycles. The Morgan fingerprint density at radius 2 is 2.00 bits per heavy atom. The van der Waals surface area contributed by atoms with E-state index in [0.717, 1.165) is 6.54 Å². The van der Waals surface area contributed by atoms with Crippen LogP contribution >= 0.6 is 0 Å². The van der Waals surface area contributed by atoms with Crippen molar-refractivity contribution in [3.05, 3.63) is 17.5 Å². The topological polar surface area (TPSA) is 29.9 Å². The molecule has 0 radical (unpaired) electrons. The highest BCUT2D eigenvalue weighted by Crippen LogP contribution is 2.29. The summed E-state index contributed by atoms with van der Waals surface area (Å²) in [5.41, 5.74) is 2.72. The van der Waals surface area contributed by atoms with Gasteiger partial charge in [0.2, 0.25) is 0 Å². The molecule has 1 aromatic heterocycles. The van der Waals surface area contributed by atoms with E-state index >= 15 is 0 Å². The number of nitrogens with zero attached hydrogens (tertiary/aromatic N) is 2. The van der Waals surface area contributed by atoms with Gasteiger partial charge in [-0.05, 0) is 33.2 Å². The fourth-order valence-corrected chi connectivity index (χ4v) is 3.15. The summed E-state index contributed by atoms with van der Waals surface area (Å²) < 4.78 is 2.29. The van der Waals surface area contributed by atoms with Crippen LogP contribution in [-0.2, 0) is 0 Å². The molecule has 3 nitrogen and oxygen atoms in total. The maximum atomic E-state index is 4.66. The average Bonchev–Trinajstić information content (AvgIpc) is 2.59. The molecule has 1 unspecified atom stereocenters. The third-order valence-corrected chi connectivity index (χ3v) is 4.23. The lowest BCUT2D eigenvalue weighted by atomic mass is 10.1. The Morgan fingerprint density at radius 1 is 1.33 bits per heavy atom. The molecule has 102 valence electrons. The molecule has 1 N–H and O–H groups in total. The fraction of sp³-hybridized carbons (Fsp3) is 0.800. The number of rotatable bonds is 4. The lowest BCUT2D eigenvalue weighted by Crippen LogP contribution is -2.19. The zero-order valence-corrected chi connectivity index (χ0v) is 12.1. The first-order valence-corrected chi connectivity index (χ1v) is 7.51. The summed E-state index contributed by atoms with van der Waals surface area (Å²) in [6, 6.07) is 1.05. The highest BCUT2D eigenvalue weighted by atomic mass is 15.3. The Morgan fingerprint density at radius 3 is 2.61 bits per heavy atom. The van der Waals surface area contributed by atoms with Gasteiger partial charge in [-0.1, -0.05) is 32.6 Å². The summed E-state index contributed by atoms with van der Waals surface area (Å²) in [5.74, 6) is 0. The normalized spacial score (nSPS) is 19.7. The predicted octanol–water partition coefficient (Wildman–Crippen LogP) is 3.76. The highest BCUT2D eigenvalue weighted by Gasteiger charge is 2.19. The first-order chi connectivity index (χ1) is 8.74. The van der Waals surface area contributed by atoms with Gasteiger partial charge in [-0.3, -0.25) is 4.68 Å². The van der Waals surface area contributed by atoms with Gasteiger partial charge in [0.05, 0.1) is 12.2 Å². The molecule has 2 rings (SSSR count).